The number of halogens is 3. The number of alkyl halides is 3. The van der Waals surface area contributed by atoms with E-state index in [1.807, 2.05) is 0 Å². The highest BCUT2D eigenvalue weighted by atomic mass is 19.4. The second kappa shape index (κ2) is 8.25. The molecule has 0 fully saturated rings. The molecule has 1 atom stereocenters. The van der Waals surface area contributed by atoms with Crippen molar-refractivity contribution in [2.45, 2.75) is 19.1 Å². The zero-order chi connectivity index (χ0) is 17.5. The molecular weight excluding hydrogens is 317 g/mol. The van der Waals surface area contributed by atoms with E-state index in [4.69, 9.17) is 0 Å². The van der Waals surface area contributed by atoms with Gasteiger partial charge in [-0.15, -0.1) is 0 Å². The maximum absolute atomic E-state index is 12.0. The molecular formula is C14H17F3N2O4. The lowest BCUT2D eigenvalue weighted by atomic mass is 10.1. The van der Waals surface area contributed by atoms with E-state index < -0.39 is 30.8 Å². The van der Waals surface area contributed by atoms with E-state index in [1.165, 1.54) is 31.4 Å². The fraction of sp³-hybridized carbons (Fsp3) is 0.429. The Kier molecular flexibility index (Phi) is 6.67. The molecule has 128 valence electrons. The first kappa shape index (κ1) is 18.6. The molecule has 0 aliphatic carbocycles. The summed E-state index contributed by atoms with van der Waals surface area (Å²) in [6.07, 6.45) is -4.40. The van der Waals surface area contributed by atoms with Gasteiger partial charge in [-0.3, -0.25) is 4.79 Å². The van der Waals surface area contributed by atoms with Crippen molar-refractivity contribution in [1.82, 2.24) is 10.6 Å². The predicted octanol–water partition coefficient (Wildman–Crippen LogP) is 2.16. The molecule has 0 aromatic heterocycles. The van der Waals surface area contributed by atoms with Gasteiger partial charge in [0, 0.05) is 0 Å². The Hall–Kier alpha value is -2.45. The Labute approximate surface area is 130 Å². The average molecular weight is 334 g/mol. The lowest BCUT2D eigenvalue weighted by molar-refractivity contribution is -0.153. The van der Waals surface area contributed by atoms with Gasteiger partial charge in [-0.25, -0.2) is 4.79 Å². The number of benzene rings is 1. The van der Waals surface area contributed by atoms with Crippen LogP contribution in [0.25, 0.3) is 0 Å². The molecule has 1 rings (SSSR count). The van der Waals surface area contributed by atoms with Crippen LogP contribution in [0.15, 0.2) is 24.3 Å². The summed E-state index contributed by atoms with van der Waals surface area (Å²) >= 11 is 0. The molecule has 2 N–H and O–H groups in total. The van der Waals surface area contributed by atoms with Crippen LogP contribution in [0.1, 0.15) is 18.5 Å². The van der Waals surface area contributed by atoms with Gasteiger partial charge in [0.2, 0.25) is 0 Å². The Morgan fingerprint density at radius 2 is 1.83 bits per heavy atom. The molecule has 1 aromatic rings. The third-order valence-electron chi connectivity index (χ3n) is 2.75. The van der Waals surface area contributed by atoms with Crippen LogP contribution in [0.3, 0.4) is 0 Å². The number of ether oxygens (including phenoxy) is 2. The van der Waals surface area contributed by atoms with Crippen LogP contribution in [-0.2, 0) is 9.53 Å². The highest BCUT2D eigenvalue weighted by molar-refractivity contribution is 5.80. The summed E-state index contributed by atoms with van der Waals surface area (Å²) < 4.78 is 45.1. The van der Waals surface area contributed by atoms with Crippen molar-refractivity contribution in [1.29, 1.82) is 0 Å². The normalized spacial score (nSPS) is 12.2. The number of nitrogens with one attached hydrogen (secondary N) is 2. The number of esters is 1. The summed E-state index contributed by atoms with van der Waals surface area (Å²) in [6, 6.07) is 4.86. The van der Waals surface area contributed by atoms with Crippen LogP contribution >= 0.6 is 0 Å². The summed E-state index contributed by atoms with van der Waals surface area (Å²) in [5.41, 5.74) is 0.664. The zero-order valence-electron chi connectivity index (χ0n) is 12.6. The summed E-state index contributed by atoms with van der Waals surface area (Å²) in [4.78, 5) is 22.4. The molecule has 0 saturated carbocycles. The van der Waals surface area contributed by atoms with Crippen molar-refractivity contribution in [2.75, 3.05) is 20.3 Å². The Bertz CT molecular complexity index is 532. The number of amides is 2. The summed E-state index contributed by atoms with van der Waals surface area (Å²) in [5, 5.41) is 4.88. The number of rotatable bonds is 6. The number of carbonyl (C=O) groups is 2. The molecule has 2 amide bonds. The molecule has 0 bridgehead atoms. The first-order valence-corrected chi connectivity index (χ1v) is 6.62. The average Bonchev–Trinajstić information content (AvgIpc) is 2.50. The predicted molar refractivity (Wildman–Crippen MR) is 75.0 cm³/mol. The zero-order valence-corrected chi connectivity index (χ0v) is 12.6. The molecule has 0 saturated heterocycles. The van der Waals surface area contributed by atoms with Crippen LogP contribution < -0.4 is 15.4 Å². The van der Waals surface area contributed by atoms with Gasteiger partial charge < -0.3 is 20.1 Å². The van der Waals surface area contributed by atoms with Gasteiger partial charge in [0.25, 0.3) is 0 Å². The molecule has 9 heteroatoms. The lowest BCUT2D eigenvalue weighted by Gasteiger charge is -2.15. The van der Waals surface area contributed by atoms with E-state index in [0.29, 0.717) is 5.56 Å². The summed E-state index contributed by atoms with van der Waals surface area (Å²) in [6.45, 7) is 0.0542. The lowest BCUT2D eigenvalue weighted by Crippen LogP contribution is -2.39. The first-order chi connectivity index (χ1) is 10.7. The maximum Gasteiger partial charge on any atom is 0.422 e. The number of methoxy groups -OCH3 is 1. The number of hydrogen-bond donors (Lipinski definition) is 2. The maximum atomic E-state index is 12.0. The molecule has 0 aliphatic rings. The molecule has 23 heavy (non-hydrogen) atoms. The standard InChI is InChI=1S/C14H17F3N2O4/c1-9(19-13(21)18-7-12(20)22-2)10-3-5-11(6-4-10)23-8-14(15,16)17/h3-6,9H,7-8H2,1-2H3,(H2,18,19,21). The third kappa shape index (κ3) is 7.39. The van der Waals surface area contributed by atoms with E-state index in [-0.39, 0.29) is 12.3 Å². The fourth-order valence-electron chi connectivity index (χ4n) is 1.57. The summed E-state index contributed by atoms with van der Waals surface area (Å²) in [7, 11) is 1.20. The van der Waals surface area contributed by atoms with Crippen LogP contribution in [0.4, 0.5) is 18.0 Å². The van der Waals surface area contributed by atoms with E-state index in [0.717, 1.165) is 0 Å². The SMILES string of the molecule is COC(=O)CNC(=O)NC(C)c1ccc(OCC(F)(F)F)cc1. The van der Waals surface area contributed by atoms with Gasteiger partial charge in [-0.1, -0.05) is 12.1 Å². The third-order valence-corrected chi connectivity index (χ3v) is 2.75. The first-order valence-electron chi connectivity index (χ1n) is 6.62. The van der Waals surface area contributed by atoms with Gasteiger partial charge in [0.05, 0.1) is 13.2 Å². The van der Waals surface area contributed by atoms with Gasteiger partial charge in [-0.2, -0.15) is 13.2 Å². The van der Waals surface area contributed by atoms with Crippen molar-refractivity contribution >= 4 is 12.0 Å². The highest BCUT2D eigenvalue weighted by Gasteiger charge is 2.28. The van der Waals surface area contributed by atoms with Crippen molar-refractivity contribution < 1.29 is 32.2 Å². The Morgan fingerprint density at radius 1 is 1.22 bits per heavy atom. The van der Waals surface area contributed by atoms with E-state index in [2.05, 4.69) is 20.1 Å². The van der Waals surface area contributed by atoms with Gasteiger partial charge in [-0.05, 0) is 24.6 Å². The fourth-order valence-corrected chi connectivity index (χ4v) is 1.57. The molecule has 6 nitrogen and oxygen atoms in total. The molecule has 0 radical (unpaired) electrons. The van der Waals surface area contributed by atoms with Crippen LogP contribution in [0.2, 0.25) is 0 Å². The van der Waals surface area contributed by atoms with Gasteiger partial charge in [0.1, 0.15) is 12.3 Å². The minimum absolute atomic E-state index is 0.0772. The summed E-state index contributed by atoms with van der Waals surface area (Å²) in [5.74, 6) is -0.507. The van der Waals surface area contributed by atoms with Gasteiger partial charge in [0.15, 0.2) is 6.61 Å². The van der Waals surface area contributed by atoms with Gasteiger partial charge >= 0.3 is 18.2 Å². The Balaban J connectivity index is 2.49. The van der Waals surface area contributed by atoms with Crippen molar-refractivity contribution in [3.8, 4) is 5.75 Å². The topological polar surface area (TPSA) is 76.7 Å². The molecule has 1 unspecified atom stereocenters. The van der Waals surface area contributed by atoms with E-state index in [1.54, 1.807) is 6.92 Å². The van der Waals surface area contributed by atoms with E-state index >= 15 is 0 Å². The smallest absolute Gasteiger partial charge is 0.422 e. The number of carbonyl (C=O) groups excluding carboxylic acids is 2. The Morgan fingerprint density at radius 3 is 2.35 bits per heavy atom. The molecule has 0 aliphatic heterocycles. The quantitative estimate of drug-likeness (QED) is 0.782. The van der Waals surface area contributed by atoms with E-state index in [9.17, 15) is 22.8 Å². The van der Waals surface area contributed by atoms with Crippen molar-refractivity contribution in [2.24, 2.45) is 0 Å². The number of urea groups is 1. The number of hydrogen-bond acceptors (Lipinski definition) is 4. The molecule has 1 aromatic carbocycles. The van der Waals surface area contributed by atoms with Crippen LogP contribution in [0, 0.1) is 0 Å². The molecule has 0 spiro atoms. The highest BCUT2D eigenvalue weighted by Crippen LogP contribution is 2.20. The second-order valence-corrected chi connectivity index (χ2v) is 4.60. The minimum Gasteiger partial charge on any atom is -0.484 e. The van der Waals surface area contributed by atoms with Crippen LogP contribution in [-0.4, -0.2) is 38.4 Å². The van der Waals surface area contributed by atoms with Crippen LogP contribution in [0.5, 0.6) is 5.75 Å². The second-order valence-electron chi connectivity index (χ2n) is 4.60. The van der Waals surface area contributed by atoms with Crippen molar-refractivity contribution in [3.63, 3.8) is 0 Å². The van der Waals surface area contributed by atoms with Crippen molar-refractivity contribution in [3.05, 3.63) is 29.8 Å². The molecule has 0 heterocycles. The minimum atomic E-state index is -4.40. The monoisotopic (exact) mass is 334 g/mol. The largest absolute Gasteiger partial charge is 0.484 e.